The summed E-state index contributed by atoms with van der Waals surface area (Å²) >= 11 is 0. The Morgan fingerprint density at radius 3 is 2.00 bits per heavy atom. The molecule has 0 aromatic carbocycles. The Morgan fingerprint density at radius 2 is 1.37 bits per heavy atom. The third-order valence-electron chi connectivity index (χ3n) is 5.34. The molecule has 27 heavy (non-hydrogen) atoms. The lowest BCUT2D eigenvalue weighted by atomic mass is 9.92. The second-order valence-corrected chi connectivity index (χ2v) is 7.99. The van der Waals surface area contributed by atoms with E-state index in [0.717, 1.165) is 64.8 Å². The van der Waals surface area contributed by atoms with Crippen LogP contribution in [0.1, 0.15) is 90.9 Å². The molecule has 0 saturated carbocycles. The predicted molar refractivity (Wildman–Crippen MR) is 118 cm³/mol. The van der Waals surface area contributed by atoms with E-state index in [9.17, 15) is 4.79 Å². The molecule has 0 fully saturated rings. The van der Waals surface area contributed by atoms with Gasteiger partial charge >= 0.3 is 0 Å². The van der Waals surface area contributed by atoms with Gasteiger partial charge in [-0.1, -0.05) is 51.9 Å². The van der Waals surface area contributed by atoms with Gasteiger partial charge in [0.1, 0.15) is 5.78 Å². The first-order valence-electron chi connectivity index (χ1n) is 11.5. The van der Waals surface area contributed by atoms with Crippen LogP contribution in [0, 0.1) is 5.92 Å². The number of nitrogens with two attached hydrogens (primary N) is 2. The average molecular weight is 385 g/mol. The second-order valence-electron chi connectivity index (χ2n) is 7.99. The van der Waals surface area contributed by atoms with Crippen LogP contribution in [0.3, 0.4) is 0 Å². The van der Waals surface area contributed by atoms with Gasteiger partial charge in [-0.3, -0.25) is 4.79 Å². The van der Waals surface area contributed by atoms with Crippen molar-refractivity contribution in [3.05, 3.63) is 0 Å². The molecule has 0 radical (unpaired) electrons. The highest BCUT2D eigenvalue weighted by Gasteiger charge is 2.12. The molecule has 2 unspecified atom stereocenters. The van der Waals surface area contributed by atoms with Crippen molar-refractivity contribution < 1.29 is 4.79 Å². The summed E-state index contributed by atoms with van der Waals surface area (Å²) in [7, 11) is 0. The van der Waals surface area contributed by atoms with E-state index in [1.807, 2.05) is 0 Å². The molecule has 0 aromatic rings. The average Bonchev–Trinajstić information content (AvgIpc) is 2.65. The molecule has 0 rings (SSSR count). The van der Waals surface area contributed by atoms with Gasteiger partial charge in [-0.05, 0) is 58.7 Å². The first-order valence-corrected chi connectivity index (χ1v) is 11.5. The normalized spacial score (nSPS) is 13.6. The van der Waals surface area contributed by atoms with Gasteiger partial charge in [0, 0.05) is 25.0 Å². The van der Waals surface area contributed by atoms with E-state index in [4.69, 9.17) is 11.5 Å². The smallest absolute Gasteiger partial charge is 0.132 e. The maximum Gasteiger partial charge on any atom is 0.132 e. The molecular weight excluding hydrogens is 336 g/mol. The largest absolute Gasteiger partial charge is 0.330 e. The van der Waals surface area contributed by atoms with Gasteiger partial charge < -0.3 is 22.1 Å². The number of hydrogen-bond donors (Lipinski definition) is 4. The van der Waals surface area contributed by atoms with Crippen LogP contribution in [0.15, 0.2) is 0 Å². The van der Waals surface area contributed by atoms with E-state index in [1.165, 1.54) is 44.9 Å². The van der Waals surface area contributed by atoms with Crippen LogP contribution in [0.4, 0.5) is 0 Å². The van der Waals surface area contributed by atoms with Gasteiger partial charge in [0.25, 0.3) is 0 Å². The summed E-state index contributed by atoms with van der Waals surface area (Å²) in [4.78, 5) is 11.7. The maximum atomic E-state index is 11.7. The van der Waals surface area contributed by atoms with E-state index in [-0.39, 0.29) is 0 Å². The number of carbonyl (C=O) groups is 1. The number of carbonyl (C=O) groups excluding carboxylic acids is 1. The van der Waals surface area contributed by atoms with Crippen molar-refractivity contribution in [2.24, 2.45) is 17.4 Å². The zero-order valence-electron chi connectivity index (χ0n) is 18.2. The zero-order chi connectivity index (χ0) is 20.2. The highest BCUT2D eigenvalue weighted by atomic mass is 16.1. The lowest BCUT2D eigenvalue weighted by Crippen LogP contribution is -2.32. The Morgan fingerprint density at radius 1 is 0.778 bits per heavy atom. The molecule has 0 amide bonds. The Kier molecular flexibility index (Phi) is 19.9. The molecule has 0 saturated heterocycles. The minimum Gasteiger partial charge on any atom is -0.330 e. The molecule has 2 atom stereocenters. The van der Waals surface area contributed by atoms with Crippen molar-refractivity contribution >= 4 is 5.78 Å². The van der Waals surface area contributed by atoms with Crippen LogP contribution in [-0.2, 0) is 4.79 Å². The van der Waals surface area contributed by atoms with E-state index >= 15 is 0 Å². The molecule has 0 spiro atoms. The molecule has 6 N–H and O–H groups in total. The van der Waals surface area contributed by atoms with Crippen molar-refractivity contribution in [3.8, 4) is 0 Å². The molecule has 0 aliphatic heterocycles. The quantitative estimate of drug-likeness (QED) is 0.228. The van der Waals surface area contributed by atoms with Crippen molar-refractivity contribution in [2.75, 3.05) is 32.7 Å². The molecule has 5 nitrogen and oxygen atoms in total. The number of unbranched alkanes of at least 4 members (excludes halogenated alkanes) is 5. The van der Waals surface area contributed by atoms with Gasteiger partial charge in [-0.15, -0.1) is 0 Å². The summed E-state index contributed by atoms with van der Waals surface area (Å²) < 4.78 is 0. The maximum absolute atomic E-state index is 11.7. The summed E-state index contributed by atoms with van der Waals surface area (Å²) in [5.74, 6) is 0.691. The van der Waals surface area contributed by atoms with Gasteiger partial charge in [0.05, 0.1) is 0 Å². The third-order valence-corrected chi connectivity index (χ3v) is 5.34. The highest BCUT2D eigenvalue weighted by molar-refractivity contribution is 5.78. The molecule has 0 aromatic heterocycles. The highest BCUT2D eigenvalue weighted by Crippen LogP contribution is 2.18. The topological polar surface area (TPSA) is 93.2 Å². The Labute approximate surface area is 168 Å². The van der Waals surface area contributed by atoms with E-state index < -0.39 is 0 Å². The minimum absolute atomic E-state index is 0.307. The molecule has 0 aliphatic carbocycles. The van der Waals surface area contributed by atoms with Crippen molar-refractivity contribution in [1.82, 2.24) is 10.6 Å². The van der Waals surface area contributed by atoms with Crippen LogP contribution in [0.5, 0.6) is 0 Å². The fourth-order valence-electron chi connectivity index (χ4n) is 3.41. The van der Waals surface area contributed by atoms with Crippen LogP contribution in [-0.4, -0.2) is 44.5 Å². The first kappa shape index (κ1) is 26.5. The van der Waals surface area contributed by atoms with E-state index in [2.05, 4.69) is 17.6 Å². The Bertz CT molecular complexity index is 325. The Hall–Kier alpha value is -0.490. The first-order chi connectivity index (χ1) is 13.1. The standard InChI is InChI=1S/C22H48N4O/c1-3-4-11-21(20(2)27)12-8-6-5-7-9-13-22(24)14-17-26-19-18-25-16-10-15-23/h21-22,25-26H,3-19,23-24H2,1-2H3. The Balaban J connectivity index is 3.40. The predicted octanol–water partition coefficient (Wildman–Crippen LogP) is 3.36. The van der Waals surface area contributed by atoms with Crippen molar-refractivity contribution in [3.63, 3.8) is 0 Å². The number of hydrogen-bond acceptors (Lipinski definition) is 5. The van der Waals surface area contributed by atoms with Gasteiger partial charge in [0.2, 0.25) is 0 Å². The van der Waals surface area contributed by atoms with E-state index in [1.54, 1.807) is 6.92 Å². The molecule has 0 heterocycles. The summed E-state index contributed by atoms with van der Waals surface area (Å²) in [5.41, 5.74) is 11.7. The number of Topliss-reactive ketones (excluding diaryl/α,β-unsaturated/α-hetero) is 1. The number of nitrogens with one attached hydrogen (secondary N) is 2. The lowest BCUT2D eigenvalue weighted by molar-refractivity contribution is -0.121. The third kappa shape index (κ3) is 18.6. The fraction of sp³-hybridized carbons (Fsp3) is 0.955. The summed E-state index contributed by atoms with van der Waals surface area (Å²) in [5, 5.41) is 6.81. The van der Waals surface area contributed by atoms with Gasteiger partial charge in [-0.2, -0.15) is 0 Å². The summed E-state index contributed by atoms with van der Waals surface area (Å²) in [6, 6.07) is 0.318. The van der Waals surface area contributed by atoms with Gasteiger partial charge in [-0.25, -0.2) is 0 Å². The summed E-state index contributed by atoms with van der Waals surface area (Å²) in [6.45, 7) is 8.72. The lowest BCUT2D eigenvalue weighted by Gasteiger charge is -2.13. The van der Waals surface area contributed by atoms with Crippen molar-refractivity contribution in [1.29, 1.82) is 0 Å². The molecule has 0 bridgehead atoms. The van der Waals surface area contributed by atoms with Crippen LogP contribution >= 0.6 is 0 Å². The van der Waals surface area contributed by atoms with Crippen LogP contribution < -0.4 is 22.1 Å². The molecule has 0 aliphatic rings. The van der Waals surface area contributed by atoms with Crippen LogP contribution in [0.2, 0.25) is 0 Å². The second kappa shape index (κ2) is 20.2. The minimum atomic E-state index is 0.307. The van der Waals surface area contributed by atoms with Gasteiger partial charge in [0.15, 0.2) is 0 Å². The molecular formula is C22H48N4O. The van der Waals surface area contributed by atoms with Crippen molar-refractivity contribution in [2.45, 2.75) is 96.9 Å². The summed E-state index contributed by atoms with van der Waals surface area (Å²) in [6.07, 6.45) is 14.0. The van der Waals surface area contributed by atoms with Crippen LogP contribution in [0.25, 0.3) is 0 Å². The molecule has 162 valence electrons. The molecule has 5 heteroatoms. The fourth-order valence-corrected chi connectivity index (χ4v) is 3.41. The zero-order valence-corrected chi connectivity index (χ0v) is 18.2. The monoisotopic (exact) mass is 384 g/mol. The SMILES string of the molecule is CCCCC(CCCCCCCC(N)CCNCCNCCCN)C(C)=O. The van der Waals surface area contributed by atoms with E-state index in [0.29, 0.717) is 17.7 Å². The number of rotatable bonds is 21. The number of ketones is 1.